The Morgan fingerprint density at radius 1 is 1.03 bits per heavy atom. The van der Waals surface area contributed by atoms with E-state index in [9.17, 15) is 4.79 Å². The number of nitrogens with zero attached hydrogens (tertiary/aromatic N) is 3. The number of fused-ring (bicyclic) bond motifs is 3. The number of piperidine rings is 1. The van der Waals surface area contributed by atoms with Crippen molar-refractivity contribution in [2.45, 2.75) is 25.8 Å². The minimum atomic E-state index is -0.0576. The summed E-state index contributed by atoms with van der Waals surface area (Å²) in [6.45, 7) is 4.19. The van der Waals surface area contributed by atoms with Crippen molar-refractivity contribution in [1.82, 2.24) is 9.47 Å². The number of carbonyl (C=O) groups is 1. The minimum Gasteiger partial charge on any atom is -0.493 e. The molecule has 182 valence electrons. The van der Waals surface area contributed by atoms with Gasteiger partial charge >= 0.3 is 0 Å². The number of hydrogen-bond donors (Lipinski definition) is 0. The largest absolute Gasteiger partial charge is 0.493 e. The first kappa shape index (κ1) is 25.0. The zero-order chi connectivity index (χ0) is 23.1. The molecule has 0 aromatic heterocycles. The Kier molecular flexibility index (Phi) is 7.53. The highest BCUT2D eigenvalue weighted by molar-refractivity contribution is 6.44. The molecule has 1 saturated heterocycles. The van der Waals surface area contributed by atoms with Crippen molar-refractivity contribution >= 4 is 47.2 Å². The molecule has 1 aliphatic carbocycles. The van der Waals surface area contributed by atoms with E-state index in [1.807, 2.05) is 35.9 Å². The summed E-state index contributed by atoms with van der Waals surface area (Å²) in [5.74, 6) is 1.25. The average molecular weight is 525 g/mol. The zero-order valence-corrected chi connectivity index (χ0v) is 21.6. The van der Waals surface area contributed by atoms with Gasteiger partial charge in [0.2, 0.25) is 0 Å². The molecule has 4 aliphatic rings. The quantitative estimate of drug-likeness (QED) is 0.403. The Morgan fingerprint density at radius 3 is 2.53 bits per heavy atom. The van der Waals surface area contributed by atoms with Gasteiger partial charge < -0.3 is 18.9 Å². The Bertz CT molecular complexity index is 1170. The highest BCUT2D eigenvalue weighted by Gasteiger charge is 2.36. The molecule has 3 heterocycles. The van der Waals surface area contributed by atoms with E-state index in [0.717, 1.165) is 42.1 Å². The van der Waals surface area contributed by atoms with Gasteiger partial charge in [0.15, 0.2) is 11.5 Å². The highest BCUT2D eigenvalue weighted by atomic mass is 35.5. The molecule has 9 heteroatoms. The molecule has 3 aliphatic heterocycles. The smallest absolute Gasteiger partial charge is 0.259 e. The van der Waals surface area contributed by atoms with Crippen LogP contribution in [0.3, 0.4) is 0 Å². The second kappa shape index (κ2) is 10.2. The number of methoxy groups -OCH3 is 1. The van der Waals surface area contributed by atoms with E-state index >= 15 is 0 Å². The number of hydrogen-bond acceptors (Lipinski definition) is 4. The van der Waals surface area contributed by atoms with Gasteiger partial charge in [-0.2, -0.15) is 0 Å². The predicted octanol–water partition coefficient (Wildman–Crippen LogP) is 5.89. The fourth-order valence-electron chi connectivity index (χ4n) is 4.93. The molecule has 0 spiro atoms. The van der Waals surface area contributed by atoms with Crippen LogP contribution in [0, 0.1) is 0 Å². The third-order valence-electron chi connectivity index (χ3n) is 6.63. The Morgan fingerprint density at radius 2 is 1.79 bits per heavy atom. The summed E-state index contributed by atoms with van der Waals surface area (Å²) in [5.41, 5.74) is 4.14. The first-order valence-corrected chi connectivity index (χ1v) is 12.0. The molecule has 0 unspecified atom stereocenters. The number of aromatic nitrogens is 1. The van der Waals surface area contributed by atoms with Crippen LogP contribution in [0.4, 0.5) is 5.69 Å². The normalized spacial score (nSPS) is 16.0. The summed E-state index contributed by atoms with van der Waals surface area (Å²) in [6.07, 6.45) is 5.60. The van der Waals surface area contributed by atoms with E-state index in [1.54, 1.807) is 18.2 Å². The van der Waals surface area contributed by atoms with Gasteiger partial charge in [0, 0.05) is 48.2 Å². The fraction of sp³-hybridized carbons (Fsp3) is 0.400. The number of aryl methyl sites for hydroxylation is 1. The molecule has 0 N–H and O–H groups in total. The molecule has 34 heavy (non-hydrogen) atoms. The van der Waals surface area contributed by atoms with Crippen LogP contribution in [-0.2, 0) is 13.6 Å². The van der Waals surface area contributed by atoms with Crippen LogP contribution in [0.2, 0.25) is 10.0 Å². The second-order valence-corrected chi connectivity index (χ2v) is 9.46. The molecule has 1 fully saturated rings. The Hall–Kier alpha value is -2.12. The SMILES string of the molecule is COc1ccc(N2Cc3c(cc4c(Cl)c(Cl)cn(C)c3-4)C2=O)cc1OCCN1CCCCC1.Cl. The highest BCUT2D eigenvalue weighted by Crippen LogP contribution is 2.45. The zero-order valence-electron chi connectivity index (χ0n) is 19.3. The van der Waals surface area contributed by atoms with Crippen molar-refractivity contribution in [1.29, 1.82) is 0 Å². The summed E-state index contributed by atoms with van der Waals surface area (Å²) in [5, 5.41) is 0.952. The van der Waals surface area contributed by atoms with E-state index in [1.165, 1.54) is 19.3 Å². The van der Waals surface area contributed by atoms with E-state index in [2.05, 4.69) is 4.90 Å². The van der Waals surface area contributed by atoms with Crippen LogP contribution in [0.15, 0.2) is 30.5 Å². The molecule has 0 saturated carbocycles. The topological polar surface area (TPSA) is 46.9 Å². The second-order valence-electron chi connectivity index (χ2n) is 8.68. The molecule has 0 bridgehead atoms. The summed E-state index contributed by atoms with van der Waals surface area (Å²) < 4.78 is 13.5. The van der Waals surface area contributed by atoms with Crippen LogP contribution in [0.25, 0.3) is 11.3 Å². The number of rotatable bonds is 6. The number of halogens is 3. The first-order valence-electron chi connectivity index (χ1n) is 11.3. The van der Waals surface area contributed by atoms with Gasteiger partial charge in [-0.15, -0.1) is 12.4 Å². The van der Waals surface area contributed by atoms with Crippen molar-refractivity contribution in [3.8, 4) is 22.8 Å². The van der Waals surface area contributed by atoms with E-state index < -0.39 is 0 Å². The number of anilines is 1. The van der Waals surface area contributed by atoms with Gasteiger partial charge in [0.1, 0.15) is 6.61 Å². The third kappa shape index (κ3) is 4.44. The average Bonchev–Trinajstić information content (AvgIpc) is 3.35. The number of amides is 1. The monoisotopic (exact) mass is 523 g/mol. The lowest BCUT2D eigenvalue weighted by Crippen LogP contribution is -2.33. The molecule has 5 rings (SSSR count). The number of carbonyl (C=O) groups excluding carboxylic acids is 1. The van der Waals surface area contributed by atoms with Gasteiger partial charge in [-0.3, -0.25) is 9.69 Å². The van der Waals surface area contributed by atoms with Gasteiger partial charge in [-0.05, 0) is 44.1 Å². The summed E-state index contributed by atoms with van der Waals surface area (Å²) >= 11 is 12.7. The van der Waals surface area contributed by atoms with Gasteiger partial charge in [0.25, 0.3) is 5.91 Å². The number of benzene rings is 1. The summed E-state index contributed by atoms with van der Waals surface area (Å²) in [7, 11) is 3.55. The lowest BCUT2D eigenvalue weighted by Gasteiger charge is -2.26. The van der Waals surface area contributed by atoms with Crippen LogP contribution in [0.1, 0.15) is 35.2 Å². The predicted molar refractivity (Wildman–Crippen MR) is 139 cm³/mol. The van der Waals surface area contributed by atoms with Crippen LogP contribution in [0.5, 0.6) is 11.5 Å². The Labute approximate surface area is 216 Å². The van der Waals surface area contributed by atoms with Gasteiger partial charge in [-0.1, -0.05) is 29.6 Å². The lowest BCUT2D eigenvalue weighted by atomic mass is 10.1. The van der Waals surface area contributed by atoms with Crippen molar-refractivity contribution < 1.29 is 14.3 Å². The molecule has 1 aromatic rings. The van der Waals surface area contributed by atoms with Gasteiger partial charge in [-0.25, -0.2) is 0 Å². The lowest BCUT2D eigenvalue weighted by molar-refractivity contribution is 0.0996. The molecule has 0 radical (unpaired) electrons. The molecule has 1 aromatic carbocycles. The van der Waals surface area contributed by atoms with E-state index in [-0.39, 0.29) is 18.3 Å². The third-order valence-corrected chi connectivity index (χ3v) is 7.42. The Balaban J connectivity index is 0.00000274. The summed E-state index contributed by atoms with van der Waals surface area (Å²) in [6, 6.07) is 7.49. The molecule has 1 amide bonds. The maximum atomic E-state index is 13.3. The van der Waals surface area contributed by atoms with E-state index in [0.29, 0.717) is 40.3 Å². The number of likely N-dealkylation sites (tertiary alicyclic amines) is 1. The number of pyridine rings is 1. The van der Waals surface area contributed by atoms with Crippen LogP contribution >= 0.6 is 35.6 Å². The number of ether oxygens (including phenoxy) is 2. The van der Waals surface area contributed by atoms with Crippen molar-refractivity contribution in [2.24, 2.45) is 7.05 Å². The van der Waals surface area contributed by atoms with Gasteiger partial charge in [0.05, 0.1) is 29.4 Å². The molecule has 6 nitrogen and oxygen atoms in total. The van der Waals surface area contributed by atoms with Crippen LogP contribution < -0.4 is 14.4 Å². The van der Waals surface area contributed by atoms with Crippen molar-refractivity contribution in [2.75, 3.05) is 38.3 Å². The maximum absolute atomic E-state index is 13.3. The standard InChI is InChI=1S/C25H27Cl2N3O3.ClH/c1-28-15-20(26)23(27)18-13-17-19(24(18)28)14-30(25(17)31)16-6-7-21(32-2)22(12-16)33-11-10-29-8-4-3-5-9-29;/h6-7,12-13,15H,3-5,8-11,14H2,1-2H3;1H. The van der Waals surface area contributed by atoms with Crippen molar-refractivity contribution in [3.05, 3.63) is 51.6 Å². The maximum Gasteiger partial charge on any atom is 0.259 e. The molecular weight excluding hydrogens is 497 g/mol. The van der Waals surface area contributed by atoms with Crippen molar-refractivity contribution in [3.63, 3.8) is 0 Å². The first-order chi connectivity index (χ1) is 16.0. The fourth-order valence-corrected chi connectivity index (χ4v) is 5.37. The van der Waals surface area contributed by atoms with Crippen LogP contribution in [-0.4, -0.2) is 48.7 Å². The summed E-state index contributed by atoms with van der Waals surface area (Å²) in [4.78, 5) is 17.5. The minimum absolute atomic E-state index is 0. The molecule has 0 atom stereocenters. The molecular formula is C25H28Cl3N3O3. The van der Waals surface area contributed by atoms with E-state index in [4.69, 9.17) is 32.7 Å².